The molecule has 0 unspecified atom stereocenters. The third-order valence-corrected chi connectivity index (χ3v) is 4.38. The molecule has 0 bridgehead atoms. The van der Waals surface area contributed by atoms with Crippen molar-refractivity contribution in [1.29, 1.82) is 0 Å². The number of carbonyl (C=O) groups excluding carboxylic acids is 2. The molecule has 28 heavy (non-hydrogen) atoms. The monoisotopic (exact) mass is 384 g/mol. The first kappa shape index (κ1) is 18.1. The average molecular weight is 384 g/mol. The van der Waals surface area contributed by atoms with E-state index in [0.29, 0.717) is 22.6 Å². The number of ether oxygens (including phenoxy) is 3. The highest BCUT2D eigenvalue weighted by atomic mass is 19.1. The quantitative estimate of drug-likeness (QED) is 0.758. The molecule has 1 amide bonds. The Labute approximate surface area is 160 Å². The van der Waals surface area contributed by atoms with Crippen LogP contribution >= 0.6 is 0 Å². The van der Waals surface area contributed by atoms with Crippen LogP contribution in [0.3, 0.4) is 0 Å². The predicted octanol–water partition coefficient (Wildman–Crippen LogP) is 2.92. The van der Waals surface area contributed by atoms with Crippen LogP contribution in [0.5, 0.6) is 5.75 Å². The lowest BCUT2D eigenvalue weighted by Crippen LogP contribution is -2.34. The number of hydrazone groups is 1. The maximum Gasteiger partial charge on any atom is 0.354 e. The number of rotatable bonds is 4. The number of hydrogen-bond acceptors (Lipinski definition) is 6. The van der Waals surface area contributed by atoms with Crippen molar-refractivity contribution in [2.45, 2.75) is 26.1 Å². The molecule has 2 heterocycles. The SMILES string of the molecule is O=C(OCc1cc(F)cc2c1OCOC2)C1=NN(c2ccccc2)C(=O)CC1. The molecule has 0 saturated carbocycles. The molecule has 7 nitrogen and oxygen atoms in total. The summed E-state index contributed by atoms with van der Waals surface area (Å²) in [6.45, 7) is 0.118. The maximum absolute atomic E-state index is 13.8. The van der Waals surface area contributed by atoms with Gasteiger partial charge in [-0.05, 0) is 24.3 Å². The normalized spacial score (nSPS) is 16.1. The second-order valence-electron chi connectivity index (χ2n) is 6.33. The molecule has 0 atom stereocenters. The van der Waals surface area contributed by atoms with Crippen LogP contribution in [0.1, 0.15) is 24.0 Å². The van der Waals surface area contributed by atoms with E-state index in [-0.39, 0.29) is 44.5 Å². The third-order valence-electron chi connectivity index (χ3n) is 4.38. The predicted molar refractivity (Wildman–Crippen MR) is 97.1 cm³/mol. The summed E-state index contributed by atoms with van der Waals surface area (Å²) in [5, 5.41) is 5.35. The molecule has 0 saturated heterocycles. The van der Waals surface area contributed by atoms with Crippen molar-refractivity contribution in [2.24, 2.45) is 5.10 Å². The van der Waals surface area contributed by atoms with Crippen molar-refractivity contribution >= 4 is 23.3 Å². The molecule has 2 aliphatic heterocycles. The number of benzene rings is 2. The lowest BCUT2D eigenvalue weighted by Gasteiger charge is -2.23. The highest BCUT2D eigenvalue weighted by Gasteiger charge is 2.27. The van der Waals surface area contributed by atoms with E-state index in [0.717, 1.165) is 0 Å². The van der Waals surface area contributed by atoms with E-state index in [1.165, 1.54) is 17.1 Å². The number of fused-ring (bicyclic) bond motifs is 1. The first-order valence-corrected chi connectivity index (χ1v) is 8.76. The van der Waals surface area contributed by atoms with Crippen LogP contribution < -0.4 is 9.75 Å². The highest BCUT2D eigenvalue weighted by Crippen LogP contribution is 2.30. The number of amides is 1. The topological polar surface area (TPSA) is 77.4 Å². The third kappa shape index (κ3) is 3.72. The number of carbonyl (C=O) groups is 2. The van der Waals surface area contributed by atoms with Crippen molar-refractivity contribution in [2.75, 3.05) is 11.8 Å². The zero-order chi connectivity index (χ0) is 19.5. The van der Waals surface area contributed by atoms with Gasteiger partial charge in [-0.2, -0.15) is 5.10 Å². The molecule has 0 aliphatic carbocycles. The fraction of sp³-hybridized carbons (Fsp3) is 0.250. The highest BCUT2D eigenvalue weighted by molar-refractivity contribution is 6.37. The Morgan fingerprint density at radius 1 is 1.21 bits per heavy atom. The standard InChI is InChI=1S/C20H17FN2O5/c21-15-8-13-10-26-12-28-19(13)14(9-15)11-27-20(25)17-6-7-18(24)23(22-17)16-4-2-1-3-5-16/h1-5,8-9H,6-7,10-12H2. The Kier molecular flexibility index (Phi) is 5.03. The second-order valence-corrected chi connectivity index (χ2v) is 6.33. The van der Waals surface area contributed by atoms with Crippen LogP contribution in [-0.2, 0) is 32.3 Å². The second kappa shape index (κ2) is 7.77. The van der Waals surface area contributed by atoms with Crippen molar-refractivity contribution < 1.29 is 28.2 Å². The lowest BCUT2D eigenvalue weighted by atomic mass is 10.1. The largest absolute Gasteiger partial charge is 0.467 e. The summed E-state index contributed by atoms with van der Waals surface area (Å²) in [6.07, 6.45) is 0.339. The van der Waals surface area contributed by atoms with Gasteiger partial charge >= 0.3 is 5.97 Å². The van der Waals surface area contributed by atoms with E-state index in [1.54, 1.807) is 24.3 Å². The number of anilines is 1. The summed E-state index contributed by atoms with van der Waals surface area (Å²) in [6, 6.07) is 11.4. The first-order chi connectivity index (χ1) is 13.6. The summed E-state index contributed by atoms with van der Waals surface area (Å²) in [5.74, 6) is -0.851. The lowest BCUT2D eigenvalue weighted by molar-refractivity contribution is -0.137. The Morgan fingerprint density at radius 3 is 2.86 bits per heavy atom. The van der Waals surface area contributed by atoms with Crippen LogP contribution in [0.4, 0.5) is 10.1 Å². The van der Waals surface area contributed by atoms with Gasteiger partial charge in [0.2, 0.25) is 5.91 Å². The van der Waals surface area contributed by atoms with Crippen LogP contribution in [0, 0.1) is 5.82 Å². The molecule has 2 aromatic carbocycles. The van der Waals surface area contributed by atoms with Crippen molar-refractivity contribution in [3.8, 4) is 5.75 Å². The van der Waals surface area contributed by atoms with E-state index < -0.39 is 11.8 Å². The molecular weight excluding hydrogens is 367 g/mol. The van der Waals surface area contributed by atoms with Gasteiger partial charge < -0.3 is 14.2 Å². The van der Waals surface area contributed by atoms with E-state index in [2.05, 4.69) is 5.10 Å². The molecule has 0 aromatic heterocycles. The molecule has 2 aliphatic rings. The number of esters is 1. The fourth-order valence-electron chi connectivity index (χ4n) is 3.06. The number of hydrogen-bond donors (Lipinski definition) is 0. The average Bonchev–Trinajstić information content (AvgIpc) is 2.72. The van der Waals surface area contributed by atoms with E-state index in [9.17, 15) is 14.0 Å². The Morgan fingerprint density at radius 2 is 2.04 bits per heavy atom. The zero-order valence-electron chi connectivity index (χ0n) is 14.9. The van der Waals surface area contributed by atoms with E-state index >= 15 is 0 Å². The van der Waals surface area contributed by atoms with Crippen molar-refractivity contribution in [1.82, 2.24) is 0 Å². The minimum Gasteiger partial charge on any atom is -0.467 e. The van der Waals surface area contributed by atoms with Gasteiger partial charge in [-0.3, -0.25) is 4.79 Å². The maximum atomic E-state index is 13.8. The summed E-state index contributed by atoms with van der Waals surface area (Å²) >= 11 is 0. The molecule has 0 radical (unpaired) electrons. The first-order valence-electron chi connectivity index (χ1n) is 8.76. The molecular formula is C20H17FN2O5. The minimum atomic E-state index is -0.654. The molecule has 4 rings (SSSR count). The summed E-state index contributed by atoms with van der Waals surface area (Å²) < 4.78 is 29.7. The van der Waals surface area contributed by atoms with Crippen molar-refractivity contribution in [3.05, 3.63) is 59.4 Å². The van der Waals surface area contributed by atoms with Gasteiger partial charge in [-0.15, -0.1) is 0 Å². The van der Waals surface area contributed by atoms with E-state index in [1.807, 2.05) is 6.07 Å². The molecule has 0 spiro atoms. The summed E-state index contributed by atoms with van der Waals surface area (Å²) in [5.41, 5.74) is 1.69. The van der Waals surface area contributed by atoms with Gasteiger partial charge in [0.15, 0.2) is 6.79 Å². The Balaban J connectivity index is 1.50. The smallest absolute Gasteiger partial charge is 0.354 e. The molecule has 144 valence electrons. The fourth-order valence-corrected chi connectivity index (χ4v) is 3.06. The van der Waals surface area contributed by atoms with Crippen LogP contribution in [-0.4, -0.2) is 24.4 Å². The minimum absolute atomic E-state index is 0.0560. The number of para-hydroxylation sites is 1. The summed E-state index contributed by atoms with van der Waals surface area (Å²) in [7, 11) is 0. The van der Waals surface area contributed by atoms with Gasteiger partial charge in [-0.1, -0.05) is 18.2 Å². The van der Waals surface area contributed by atoms with Gasteiger partial charge in [0.05, 0.1) is 12.3 Å². The molecule has 0 N–H and O–H groups in total. The van der Waals surface area contributed by atoms with Crippen LogP contribution in [0.2, 0.25) is 0 Å². The zero-order valence-corrected chi connectivity index (χ0v) is 14.9. The van der Waals surface area contributed by atoms with Gasteiger partial charge in [0.1, 0.15) is 23.9 Å². The molecule has 8 heteroatoms. The van der Waals surface area contributed by atoms with E-state index in [4.69, 9.17) is 14.2 Å². The van der Waals surface area contributed by atoms with Gasteiger partial charge in [0.25, 0.3) is 0 Å². The number of nitrogens with zero attached hydrogens (tertiary/aromatic N) is 2. The van der Waals surface area contributed by atoms with Crippen molar-refractivity contribution in [3.63, 3.8) is 0 Å². The summed E-state index contributed by atoms with van der Waals surface area (Å²) in [4.78, 5) is 24.6. The van der Waals surface area contributed by atoms with Crippen LogP contribution in [0.25, 0.3) is 0 Å². The van der Waals surface area contributed by atoms with Crippen LogP contribution in [0.15, 0.2) is 47.6 Å². The Hall–Kier alpha value is -3.26. The molecule has 0 fully saturated rings. The van der Waals surface area contributed by atoms with Gasteiger partial charge in [0, 0.05) is 24.0 Å². The Bertz CT molecular complexity index is 945. The molecule has 2 aromatic rings. The number of halogens is 1. The van der Waals surface area contributed by atoms with Gasteiger partial charge in [-0.25, -0.2) is 14.2 Å².